The Hall–Kier alpha value is -0.960. The highest BCUT2D eigenvalue weighted by atomic mass is 79.9. The van der Waals surface area contributed by atoms with Crippen LogP contribution in [0.5, 0.6) is 0 Å². The molecule has 8 heteroatoms. The molecular formula is C13H17BrN2O4S. The summed E-state index contributed by atoms with van der Waals surface area (Å²) < 4.78 is 27.1. The minimum absolute atomic E-state index is 0.240. The quantitative estimate of drug-likeness (QED) is 0.854. The summed E-state index contributed by atoms with van der Waals surface area (Å²) in [6.45, 7) is 3.02. The highest BCUT2D eigenvalue weighted by Gasteiger charge is 2.32. The van der Waals surface area contributed by atoms with Crippen LogP contribution in [0.25, 0.3) is 0 Å². The van der Waals surface area contributed by atoms with E-state index in [-0.39, 0.29) is 4.90 Å². The van der Waals surface area contributed by atoms with Gasteiger partial charge in [-0.05, 0) is 35.0 Å². The summed E-state index contributed by atoms with van der Waals surface area (Å²) in [6, 6.07) is 6.09. The number of piperazine rings is 1. The van der Waals surface area contributed by atoms with Crippen molar-refractivity contribution in [1.29, 1.82) is 0 Å². The van der Waals surface area contributed by atoms with E-state index in [2.05, 4.69) is 15.9 Å². The molecule has 0 spiro atoms. The maximum atomic E-state index is 12.6. The lowest BCUT2D eigenvalue weighted by Gasteiger charge is -2.35. The smallest absolute Gasteiger partial charge is 0.320 e. The second kappa shape index (κ2) is 6.43. The minimum atomic E-state index is -3.55. The number of carboxylic acids is 1. The molecule has 1 heterocycles. The minimum Gasteiger partial charge on any atom is -0.480 e. The Morgan fingerprint density at radius 1 is 1.24 bits per heavy atom. The zero-order valence-electron chi connectivity index (χ0n) is 11.6. The van der Waals surface area contributed by atoms with Gasteiger partial charge in [0.2, 0.25) is 10.0 Å². The number of carboxylic acid groups (broad SMARTS) is 1. The van der Waals surface area contributed by atoms with Gasteiger partial charge in [0.15, 0.2) is 0 Å². The van der Waals surface area contributed by atoms with E-state index in [9.17, 15) is 13.2 Å². The number of aliphatic carboxylic acids is 1. The van der Waals surface area contributed by atoms with Crippen molar-refractivity contribution in [2.45, 2.75) is 17.9 Å². The summed E-state index contributed by atoms with van der Waals surface area (Å²) in [5.41, 5.74) is 0. The normalized spacial score (nSPS) is 19.3. The monoisotopic (exact) mass is 376 g/mol. The molecule has 21 heavy (non-hydrogen) atoms. The van der Waals surface area contributed by atoms with Gasteiger partial charge in [0.05, 0.1) is 4.90 Å². The third kappa shape index (κ3) is 3.45. The van der Waals surface area contributed by atoms with Gasteiger partial charge in [-0.3, -0.25) is 9.69 Å². The number of benzene rings is 1. The number of nitrogens with zero attached hydrogens (tertiary/aromatic N) is 2. The summed E-state index contributed by atoms with van der Waals surface area (Å²) in [5.74, 6) is -0.892. The predicted octanol–water partition coefficient (Wildman–Crippen LogP) is 1.23. The second-order valence-corrected chi connectivity index (χ2v) is 7.65. The molecular weight excluding hydrogens is 360 g/mol. The maximum absolute atomic E-state index is 12.6. The first-order valence-corrected chi connectivity index (χ1v) is 8.79. The number of rotatable bonds is 4. The van der Waals surface area contributed by atoms with Crippen molar-refractivity contribution in [3.8, 4) is 0 Å². The van der Waals surface area contributed by atoms with Gasteiger partial charge in [0.1, 0.15) is 6.04 Å². The van der Waals surface area contributed by atoms with Gasteiger partial charge in [0.25, 0.3) is 0 Å². The van der Waals surface area contributed by atoms with E-state index in [1.165, 1.54) is 4.31 Å². The summed E-state index contributed by atoms with van der Waals surface area (Å²) in [6.07, 6.45) is 0. The fourth-order valence-electron chi connectivity index (χ4n) is 2.28. The lowest BCUT2D eigenvalue weighted by molar-refractivity contribution is -0.143. The summed E-state index contributed by atoms with van der Waals surface area (Å²) in [7, 11) is -3.55. The molecule has 0 radical (unpaired) electrons. The highest BCUT2D eigenvalue weighted by molar-refractivity contribution is 9.10. The van der Waals surface area contributed by atoms with E-state index in [1.807, 2.05) is 0 Å². The van der Waals surface area contributed by atoms with Gasteiger partial charge in [-0.25, -0.2) is 8.42 Å². The third-order valence-electron chi connectivity index (χ3n) is 3.63. The molecule has 116 valence electrons. The number of carbonyl (C=O) groups is 1. The molecule has 0 unspecified atom stereocenters. The summed E-state index contributed by atoms with van der Waals surface area (Å²) in [5, 5.41) is 8.99. The topological polar surface area (TPSA) is 77.9 Å². The van der Waals surface area contributed by atoms with Crippen LogP contribution in [0, 0.1) is 0 Å². The average molecular weight is 377 g/mol. The lowest BCUT2D eigenvalue weighted by Crippen LogP contribution is -2.53. The first kappa shape index (κ1) is 16.4. The van der Waals surface area contributed by atoms with Crippen LogP contribution >= 0.6 is 15.9 Å². The number of hydrogen-bond acceptors (Lipinski definition) is 4. The van der Waals surface area contributed by atoms with Crippen molar-refractivity contribution in [1.82, 2.24) is 9.21 Å². The van der Waals surface area contributed by atoms with Crippen LogP contribution in [0.15, 0.2) is 33.6 Å². The highest BCUT2D eigenvalue weighted by Crippen LogP contribution is 2.25. The molecule has 0 amide bonds. The zero-order valence-corrected chi connectivity index (χ0v) is 14.0. The number of halogens is 1. The Morgan fingerprint density at radius 3 is 2.33 bits per heavy atom. The number of sulfonamides is 1. The zero-order chi connectivity index (χ0) is 15.6. The molecule has 1 fully saturated rings. The Kier molecular flexibility index (Phi) is 5.03. The predicted molar refractivity (Wildman–Crippen MR) is 81.6 cm³/mol. The van der Waals surface area contributed by atoms with Gasteiger partial charge < -0.3 is 5.11 Å². The Balaban J connectivity index is 2.12. The van der Waals surface area contributed by atoms with E-state index in [4.69, 9.17) is 5.11 Å². The van der Waals surface area contributed by atoms with Crippen LogP contribution in [0.3, 0.4) is 0 Å². The van der Waals surface area contributed by atoms with Crippen LogP contribution in [0.4, 0.5) is 0 Å². The largest absolute Gasteiger partial charge is 0.480 e. The van der Waals surface area contributed by atoms with Crippen LogP contribution in [0.2, 0.25) is 0 Å². The molecule has 1 N–H and O–H groups in total. The first-order valence-electron chi connectivity index (χ1n) is 6.55. The molecule has 6 nitrogen and oxygen atoms in total. The van der Waals surface area contributed by atoms with Crippen molar-refractivity contribution in [3.63, 3.8) is 0 Å². The lowest BCUT2D eigenvalue weighted by atomic mass is 10.2. The Labute approximate surface area is 132 Å². The molecule has 1 aromatic carbocycles. The Bertz CT molecular complexity index is 627. The van der Waals surface area contributed by atoms with Crippen molar-refractivity contribution in [2.24, 2.45) is 0 Å². The maximum Gasteiger partial charge on any atom is 0.320 e. The van der Waals surface area contributed by atoms with E-state index in [0.29, 0.717) is 30.7 Å². The standard InChI is InChI=1S/C13H17BrN2O4S/c1-10(13(17)18)15-6-8-16(9-7-15)21(19,20)12-5-3-2-4-11(12)14/h2-5,10H,6-9H2,1H3,(H,17,18)/t10-/m0/s1. The third-order valence-corrected chi connectivity index (χ3v) is 6.54. The van der Waals surface area contributed by atoms with Crippen molar-refractivity contribution in [2.75, 3.05) is 26.2 Å². The Morgan fingerprint density at radius 2 is 1.81 bits per heavy atom. The van der Waals surface area contributed by atoms with Crippen LogP contribution < -0.4 is 0 Å². The molecule has 1 aromatic rings. The molecule has 1 aliphatic rings. The van der Waals surface area contributed by atoms with Gasteiger partial charge in [-0.1, -0.05) is 12.1 Å². The molecule has 0 bridgehead atoms. The fourth-order valence-corrected chi connectivity index (χ4v) is 4.67. The fraction of sp³-hybridized carbons (Fsp3) is 0.462. The average Bonchev–Trinajstić information content (AvgIpc) is 2.46. The van der Waals surface area contributed by atoms with Gasteiger partial charge >= 0.3 is 5.97 Å². The van der Waals surface area contributed by atoms with E-state index in [0.717, 1.165) is 0 Å². The van der Waals surface area contributed by atoms with Crippen molar-refractivity contribution in [3.05, 3.63) is 28.7 Å². The van der Waals surface area contributed by atoms with E-state index < -0.39 is 22.0 Å². The van der Waals surface area contributed by atoms with Gasteiger partial charge in [-0.2, -0.15) is 4.31 Å². The van der Waals surface area contributed by atoms with Crippen LogP contribution in [-0.2, 0) is 14.8 Å². The molecule has 2 rings (SSSR count). The molecule has 1 aliphatic heterocycles. The summed E-state index contributed by atoms with van der Waals surface area (Å²) >= 11 is 3.26. The van der Waals surface area contributed by atoms with E-state index >= 15 is 0 Å². The molecule has 1 saturated heterocycles. The van der Waals surface area contributed by atoms with Crippen LogP contribution in [0.1, 0.15) is 6.92 Å². The van der Waals surface area contributed by atoms with Crippen molar-refractivity contribution >= 4 is 31.9 Å². The SMILES string of the molecule is C[C@@H](C(=O)O)N1CCN(S(=O)(=O)c2ccccc2Br)CC1. The number of hydrogen-bond donors (Lipinski definition) is 1. The molecule has 0 aliphatic carbocycles. The first-order chi connectivity index (χ1) is 9.84. The second-order valence-electron chi connectivity index (χ2n) is 4.88. The summed E-state index contributed by atoms with van der Waals surface area (Å²) in [4.78, 5) is 13.0. The molecule has 0 aromatic heterocycles. The molecule has 0 saturated carbocycles. The van der Waals surface area contributed by atoms with Crippen molar-refractivity contribution < 1.29 is 18.3 Å². The van der Waals surface area contributed by atoms with E-state index in [1.54, 1.807) is 36.1 Å². The molecule has 1 atom stereocenters. The van der Waals surface area contributed by atoms with Gasteiger partial charge in [0, 0.05) is 30.7 Å². The van der Waals surface area contributed by atoms with Gasteiger partial charge in [-0.15, -0.1) is 0 Å². The van der Waals surface area contributed by atoms with Crippen LogP contribution in [-0.4, -0.2) is 60.9 Å².